The van der Waals surface area contributed by atoms with Crippen LogP contribution in [0.25, 0.3) is 11.1 Å². The van der Waals surface area contributed by atoms with Gasteiger partial charge in [-0.2, -0.15) is 0 Å². The molecule has 1 heterocycles. The zero-order valence-electron chi connectivity index (χ0n) is 8.59. The number of nitrogens with zero attached hydrogens (tertiary/aromatic N) is 1. The Bertz CT molecular complexity index is 584. The first-order chi connectivity index (χ1) is 8.08. The molecule has 86 valence electrons. The van der Waals surface area contributed by atoms with Gasteiger partial charge in [0.05, 0.1) is 5.56 Å². The predicted octanol–water partition coefficient (Wildman–Crippen LogP) is 2.81. The number of carbonyl (C=O) groups is 1. The molecule has 0 unspecified atom stereocenters. The number of pyridine rings is 1. The van der Waals surface area contributed by atoms with Crippen LogP contribution < -0.4 is 0 Å². The van der Waals surface area contributed by atoms with Crippen LogP contribution in [0.15, 0.2) is 36.7 Å². The number of aromatic hydroxyl groups is 1. The Morgan fingerprint density at radius 2 is 2.00 bits per heavy atom. The van der Waals surface area contributed by atoms with Crippen molar-refractivity contribution < 1.29 is 15.0 Å². The minimum absolute atomic E-state index is 0.0603. The Morgan fingerprint density at radius 3 is 2.71 bits per heavy atom. The van der Waals surface area contributed by atoms with E-state index in [1.165, 1.54) is 30.6 Å². The smallest absolute Gasteiger partial charge is 0.337 e. The number of hydrogen-bond acceptors (Lipinski definition) is 3. The van der Waals surface area contributed by atoms with Crippen LogP contribution in [0, 0.1) is 0 Å². The highest BCUT2D eigenvalue weighted by atomic mass is 35.5. The Hall–Kier alpha value is -2.07. The van der Waals surface area contributed by atoms with E-state index in [1.54, 1.807) is 6.07 Å². The number of aromatic carboxylic acids is 1. The van der Waals surface area contributed by atoms with Gasteiger partial charge in [0.15, 0.2) is 0 Å². The second-order valence-electron chi connectivity index (χ2n) is 3.43. The molecule has 0 saturated heterocycles. The number of aromatic nitrogens is 1. The molecule has 0 atom stereocenters. The molecule has 0 fully saturated rings. The normalized spacial score (nSPS) is 10.2. The Labute approximate surface area is 102 Å². The Kier molecular flexibility index (Phi) is 2.97. The summed E-state index contributed by atoms with van der Waals surface area (Å²) < 4.78 is 0. The van der Waals surface area contributed by atoms with Crippen molar-refractivity contribution in [3.8, 4) is 16.9 Å². The minimum Gasteiger partial charge on any atom is -0.508 e. The second kappa shape index (κ2) is 4.43. The number of carboxylic acids is 1. The summed E-state index contributed by atoms with van der Waals surface area (Å²) in [6, 6.07) is 5.92. The van der Waals surface area contributed by atoms with Crippen LogP contribution >= 0.6 is 11.6 Å². The van der Waals surface area contributed by atoms with E-state index in [4.69, 9.17) is 16.7 Å². The summed E-state index contributed by atoms with van der Waals surface area (Å²) >= 11 is 5.98. The number of phenols is 1. The summed E-state index contributed by atoms with van der Waals surface area (Å²) in [5.74, 6) is -0.999. The minimum atomic E-state index is -1.06. The number of hydrogen-bond donors (Lipinski definition) is 2. The first-order valence-electron chi connectivity index (χ1n) is 4.75. The van der Waals surface area contributed by atoms with Crippen LogP contribution in [-0.4, -0.2) is 21.2 Å². The van der Waals surface area contributed by atoms with Gasteiger partial charge in [0, 0.05) is 28.5 Å². The van der Waals surface area contributed by atoms with Gasteiger partial charge in [0.2, 0.25) is 0 Å². The maximum Gasteiger partial charge on any atom is 0.337 e. The van der Waals surface area contributed by atoms with Crippen LogP contribution in [0.3, 0.4) is 0 Å². The standard InChI is InChI=1S/C12H8ClNO3/c13-11-2-1-9(15)4-10(11)7-3-8(12(16)17)6-14-5-7/h1-6,15H,(H,16,17). The van der Waals surface area contributed by atoms with Crippen LogP contribution in [0.2, 0.25) is 5.02 Å². The molecule has 0 aliphatic rings. The lowest BCUT2D eigenvalue weighted by Crippen LogP contribution is -1.97. The predicted molar refractivity (Wildman–Crippen MR) is 63.3 cm³/mol. The number of halogens is 1. The topological polar surface area (TPSA) is 70.4 Å². The highest BCUT2D eigenvalue weighted by Gasteiger charge is 2.09. The fourth-order valence-electron chi connectivity index (χ4n) is 1.44. The van der Waals surface area contributed by atoms with Gasteiger partial charge >= 0.3 is 5.97 Å². The molecule has 4 nitrogen and oxygen atoms in total. The molecule has 2 aromatic rings. The van der Waals surface area contributed by atoms with E-state index in [2.05, 4.69) is 4.98 Å². The van der Waals surface area contributed by atoms with E-state index in [-0.39, 0.29) is 11.3 Å². The maximum atomic E-state index is 10.8. The average Bonchev–Trinajstić information content (AvgIpc) is 2.32. The van der Waals surface area contributed by atoms with Crippen LogP contribution in [-0.2, 0) is 0 Å². The summed E-state index contributed by atoms with van der Waals surface area (Å²) in [4.78, 5) is 14.6. The van der Waals surface area contributed by atoms with Gasteiger partial charge in [-0.25, -0.2) is 4.79 Å². The summed E-state index contributed by atoms with van der Waals surface area (Å²) in [6.45, 7) is 0. The number of benzene rings is 1. The molecule has 0 spiro atoms. The Morgan fingerprint density at radius 1 is 1.24 bits per heavy atom. The van der Waals surface area contributed by atoms with Gasteiger partial charge in [-0.15, -0.1) is 0 Å². The molecule has 1 aromatic carbocycles. The fourth-order valence-corrected chi connectivity index (χ4v) is 1.67. The van der Waals surface area contributed by atoms with Crippen molar-refractivity contribution in [2.45, 2.75) is 0 Å². The molecule has 2 rings (SSSR count). The zero-order chi connectivity index (χ0) is 12.4. The van der Waals surface area contributed by atoms with E-state index in [1.807, 2.05) is 0 Å². The third-order valence-corrected chi connectivity index (χ3v) is 2.58. The Balaban J connectivity index is 2.56. The lowest BCUT2D eigenvalue weighted by Gasteiger charge is -2.05. The second-order valence-corrected chi connectivity index (χ2v) is 3.84. The van der Waals surface area contributed by atoms with Gasteiger partial charge in [-0.3, -0.25) is 4.98 Å². The summed E-state index contributed by atoms with van der Waals surface area (Å²) in [6.07, 6.45) is 2.75. The van der Waals surface area contributed by atoms with Crippen LogP contribution in [0.1, 0.15) is 10.4 Å². The van der Waals surface area contributed by atoms with Gasteiger partial charge < -0.3 is 10.2 Å². The van der Waals surface area contributed by atoms with Crippen molar-refractivity contribution in [2.24, 2.45) is 0 Å². The molecular formula is C12H8ClNO3. The molecule has 0 radical (unpaired) electrons. The van der Waals surface area contributed by atoms with Crippen molar-refractivity contribution in [3.05, 3.63) is 47.2 Å². The molecule has 5 heteroatoms. The molecule has 1 aromatic heterocycles. The van der Waals surface area contributed by atoms with Crippen molar-refractivity contribution in [1.82, 2.24) is 4.98 Å². The number of rotatable bonds is 2. The summed E-state index contributed by atoms with van der Waals surface area (Å²) in [5, 5.41) is 18.7. The highest BCUT2D eigenvalue weighted by Crippen LogP contribution is 2.30. The molecular weight excluding hydrogens is 242 g/mol. The van der Waals surface area contributed by atoms with E-state index < -0.39 is 5.97 Å². The van der Waals surface area contributed by atoms with Gasteiger partial charge in [-0.1, -0.05) is 11.6 Å². The van der Waals surface area contributed by atoms with Crippen LogP contribution in [0.4, 0.5) is 0 Å². The van der Waals surface area contributed by atoms with Crippen molar-refractivity contribution in [3.63, 3.8) is 0 Å². The third kappa shape index (κ3) is 2.37. The molecule has 0 aliphatic carbocycles. The monoisotopic (exact) mass is 249 g/mol. The van der Waals surface area contributed by atoms with E-state index in [0.29, 0.717) is 16.1 Å². The lowest BCUT2D eigenvalue weighted by molar-refractivity contribution is 0.0696. The van der Waals surface area contributed by atoms with Gasteiger partial charge in [-0.05, 0) is 24.3 Å². The van der Waals surface area contributed by atoms with Crippen molar-refractivity contribution in [1.29, 1.82) is 0 Å². The SMILES string of the molecule is O=C(O)c1cncc(-c2cc(O)ccc2Cl)c1. The van der Waals surface area contributed by atoms with E-state index >= 15 is 0 Å². The average molecular weight is 250 g/mol. The lowest BCUT2D eigenvalue weighted by atomic mass is 10.1. The molecule has 0 bridgehead atoms. The largest absolute Gasteiger partial charge is 0.508 e. The maximum absolute atomic E-state index is 10.8. The van der Waals surface area contributed by atoms with Gasteiger partial charge in [0.1, 0.15) is 5.75 Å². The molecule has 0 saturated carbocycles. The summed E-state index contributed by atoms with van der Waals surface area (Å²) in [5.41, 5.74) is 1.16. The quantitative estimate of drug-likeness (QED) is 0.859. The number of carboxylic acid groups (broad SMARTS) is 1. The summed E-state index contributed by atoms with van der Waals surface area (Å²) in [7, 11) is 0. The zero-order valence-corrected chi connectivity index (χ0v) is 9.35. The first kappa shape index (κ1) is 11.4. The van der Waals surface area contributed by atoms with E-state index in [9.17, 15) is 9.90 Å². The van der Waals surface area contributed by atoms with Crippen molar-refractivity contribution >= 4 is 17.6 Å². The molecule has 0 aliphatic heterocycles. The first-order valence-corrected chi connectivity index (χ1v) is 5.13. The molecule has 17 heavy (non-hydrogen) atoms. The molecule has 0 amide bonds. The highest BCUT2D eigenvalue weighted by molar-refractivity contribution is 6.33. The van der Waals surface area contributed by atoms with E-state index in [0.717, 1.165) is 0 Å². The van der Waals surface area contributed by atoms with Crippen LogP contribution in [0.5, 0.6) is 5.75 Å². The van der Waals surface area contributed by atoms with Gasteiger partial charge in [0.25, 0.3) is 0 Å². The third-order valence-electron chi connectivity index (χ3n) is 2.25. The molecule has 2 N–H and O–H groups in total. The number of phenolic OH excluding ortho intramolecular Hbond substituents is 1. The van der Waals surface area contributed by atoms with Crippen molar-refractivity contribution in [2.75, 3.05) is 0 Å². The fraction of sp³-hybridized carbons (Fsp3) is 0.